The lowest BCUT2D eigenvalue weighted by Gasteiger charge is -2.29. The minimum absolute atomic E-state index is 0.136. The molecule has 0 spiro atoms. The van der Waals surface area contributed by atoms with E-state index in [0.717, 1.165) is 51.1 Å². The van der Waals surface area contributed by atoms with E-state index in [4.69, 9.17) is 4.74 Å². The van der Waals surface area contributed by atoms with E-state index in [1.807, 2.05) is 4.90 Å². The average Bonchev–Trinajstić information content (AvgIpc) is 2.48. The molecule has 1 unspecified atom stereocenters. The normalized spacial score (nSPS) is 13.7. The highest BCUT2D eigenvalue weighted by molar-refractivity contribution is 7.51. The Morgan fingerprint density at radius 2 is 1.65 bits per heavy atom. The van der Waals surface area contributed by atoms with Gasteiger partial charge in [-0.3, -0.25) is 4.79 Å². The summed E-state index contributed by atoms with van der Waals surface area (Å²) < 4.78 is 5.84. The summed E-state index contributed by atoms with van der Waals surface area (Å²) in [7, 11) is -0.756. The van der Waals surface area contributed by atoms with E-state index in [9.17, 15) is 9.69 Å². The van der Waals surface area contributed by atoms with Crippen LogP contribution in [0.4, 0.5) is 0 Å². The largest absolute Gasteiger partial charge is 0.380 e. The molecule has 0 radical (unpaired) electrons. The monoisotopic (exact) mass is 389 g/mol. The summed E-state index contributed by atoms with van der Waals surface area (Å²) in [6.07, 6.45) is 6.68. The van der Waals surface area contributed by atoms with Gasteiger partial charge in [-0.25, -0.2) is 0 Å². The average molecular weight is 390 g/mol. The maximum atomic E-state index is 12.6. The third-order valence-electron chi connectivity index (χ3n) is 4.22. The molecule has 0 aliphatic rings. The Bertz CT molecular complexity index is 380. The zero-order valence-corrected chi connectivity index (χ0v) is 19.3. The Balaban J connectivity index is 4.14. The molecular weight excluding hydrogens is 345 g/mol. The minimum atomic E-state index is -0.756. The Kier molecular flexibility index (Phi) is 13.0. The van der Waals surface area contributed by atoms with Gasteiger partial charge in [0.05, 0.1) is 13.2 Å². The lowest BCUT2D eigenvalue weighted by Crippen LogP contribution is -2.36. The van der Waals surface area contributed by atoms with Crippen molar-refractivity contribution in [3.63, 3.8) is 0 Å². The molecule has 0 fully saturated rings. The molecule has 156 valence electrons. The summed E-state index contributed by atoms with van der Waals surface area (Å²) in [4.78, 5) is 24.4. The van der Waals surface area contributed by atoms with Crippen LogP contribution in [0.3, 0.4) is 0 Å². The van der Waals surface area contributed by atoms with Crippen LogP contribution >= 0.6 is 8.15 Å². The summed E-state index contributed by atoms with van der Waals surface area (Å²) in [6.45, 7) is 17.8. The van der Waals surface area contributed by atoms with Gasteiger partial charge >= 0.3 is 0 Å². The number of hydrogen-bond acceptors (Lipinski definition) is 3. The number of amides is 1. The van der Waals surface area contributed by atoms with Crippen molar-refractivity contribution >= 4 is 14.1 Å². The second-order valence-corrected chi connectivity index (χ2v) is 11.3. The van der Waals surface area contributed by atoms with Crippen LogP contribution in [0.25, 0.3) is 0 Å². The predicted molar refractivity (Wildman–Crippen MR) is 114 cm³/mol. The molecule has 1 amide bonds. The fourth-order valence-electron chi connectivity index (χ4n) is 2.81. The van der Waals surface area contributed by atoms with Crippen LogP contribution in [0.2, 0.25) is 0 Å². The summed E-state index contributed by atoms with van der Waals surface area (Å²) in [6, 6.07) is 0. The first kappa shape index (κ1) is 25.8. The molecular formula is C21H44NO3P. The Morgan fingerprint density at radius 1 is 1.00 bits per heavy atom. The van der Waals surface area contributed by atoms with E-state index in [2.05, 4.69) is 48.5 Å². The highest BCUT2D eigenvalue weighted by atomic mass is 31.1. The SMILES string of the molecule is CCCP(O)CCCCCN(CC)C(=O)CC(C)(C)COCC(C)(C)C. The van der Waals surface area contributed by atoms with Crippen LogP contribution in [0.5, 0.6) is 0 Å². The Morgan fingerprint density at radius 3 is 2.19 bits per heavy atom. The van der Waals surface area contributed by atoms with Gasteiger partial charge in [0.15, 0.2) is 0 Å². The van der Waals surface area contributed by atoms with Gasteiger partial charge < -0.3 is 14.5 Å². The summed E-state index contributed by atoms with van der Waals surface area (Å²) in [5.41, 5.74) is 0.0181. The van der Waals surface area contributed by atoms with Crippen LogP contribution in [-0.2, 0) is 9.53 Å². The molecule has 0 bridgehead atoms. The lowest BCUT2D eigenvalue weighted by molar-refractivity contribution is -0.134. The van der Waals surface area contributed by atoms with Gasteiger partial charge in [-0.2, -0.15) is 0 Å². The van der Waals surface area contributed by atoms with Gasteiger partial charge in [-0.05, 0) is 42.9 Å². The molecule has 0 aliphatic heterocycles. The number of carbonyl (C=O) groups excluding carboxylic acids is 1. The standard InChI is InChI=1S/C21H44NO3P/c1-8-14-26(24)15-12-10-11-13-22(9-2)19(23)16-21(6,7)18-25-17-20(3,4)5/h24H,8-18H2,1-7H3. The third kappa shape index (κ3) is 13.9. The Labute approximate surface area is 163 Å². The van der Waals surface area contributed by atoms with Crippen molar-refractivity contribution in [3.8, 4) is 0 Å². The fourth-order valence-corrected chi connectivity index (χ4v) is 4.14. The smallest absolute Gasteiger partial charge is 0.223 e. The number of unbranched alkanes of at least 4 members (excludes halogenated alkanes) is 2. The second-order valence-electron chi connectivity index (χ2n) is 9.38. The predicted octanol–water partition coefficient (Wildman–Crippen LogP) is 5.28. The minimum Gasteiger partial charge on any atom is -0.380 e. The first-order valence-electron chi connectivity index (χ1n) is 10.3. The topological polar surface area (TPSA) is 49.8 Å². The number of nitrogens with zero attached hydrogens (tertiary/aromatic N) is 1. The van der Waals surface area contributed by atoms with Gasteiger partial charge in [0.1, 0.15) is 0 Å². The van der Waals surface area contributed by atoms with Crippen molar-refractivity contribution in [2.45, 2.75) is 80.6 Å². The molecule has 0 saturated carbocycles. The molecule has 4 nitrogen and oxygen atoms in total. The molecule has 5 heteroatoms. The van der Waals surface area contributed by atoms with E-state index in [0.29, 0.717) is 19.6 Å². The molecule has 0 aromatic rings. The van der Waals surface area contributed by atoms with Crippen molar-refractivity contribution in [2.24, 2.45) is 10.8 Å². The molecule has 0 heterocycles. The van der Waals surface area contributed by atoms with Crippen molar-refractivity contribution in [1.29, 1.82) is 0 Å². The van der Waals surface area contributed by atoms with Crippen molar-refractivity contribution < 1.29 is 14.4 Å². The Hall–Kier alpha value is -0.180. The zero-order valence-electron chi connectivity index (χ0n) is 18.4. The lowest BCUT2D eigenvalue weighted by atomic mass is 9.89. The molecule has 0 saturated heterocycles. The maximum absolute atomic E-state index is 12.6. The first-order valence-corrected chi connectivity index (χ1v) is 12.0. The van der Waals surface area contributed by atoms with Crippen molar-refractivity contribution in [1.82, 2.24) is 4.90 Å². The van der Waals surface area contributed by atoms with Crippen molar-refractivity contribution in [3.05, 3.63) is 0 Å². The van der Waals surface area contributed by atoms with E-state index < -0.39 is 8.15 Å². The fraction of sp³-hybridized carbons (Fsp3) is 0.952. The quantitative estimate of drug-likeness (QED) is 0.325. The molecule has 0 aromatic heterocycles. The zero-order chi connectivity index (χ0) is 20.2. The van der Waals surface area contributed by atoms with Crippen molar-refractivity contribution in [2.75, 3.05) is 38.6 Å². The molecule has 1 atom stereocenters. The molecule has 1 N–H and O–H groups in total. The van der Waals surface area contributed by atoms with Crippen LogP contribution in [0.15, 0.2) is 0 Å². The van der Waals surface area contributed by atoms with E-state index >= 15 is 0 Å². The summed E-state index contributed by atoms with van der Waals surface area (Å²) in [5, 5.41) is 0. The van der Waals surface area contributed by atoms with Gasteiger partial charge in [-0.1, -0.05) is 54.4 Å². The summed E-state index contributed by atoms with van der Waals surface area (Å²) in [5.74, 6) is 0.229. The van der Waals surface area contributed by atoms with Crippen LogP contribution in [-0.4, -0.2) is 54.3 Å². The first-order chi connectivity index (χ1) is 12.0. The second kappa shape index (κ2) is 13.1. The molecule has 0 aliphatic carbocycles. The van der Waals surface area contributed by atoms with Gasteiger partial charge in [0, 0.05) is 27.7 Å². The number of carbonyl (C=O) groups is 1. The highest BCUT2D eigenvalue weighted by Crippen LogP contribution is 2.31. The number of hydrogen-bond donors (Lipinski definition) is 1. The van der Waals surface area contributed by atoms with E-state index in [-0.39, 0.29) is 16.7 Å². The number of rotatable bonds is 14. The molecule has 26 heavy (non-hydrogen) atoms. The van der Waals surface area contributed by atoms with Crippen LogP contribution in [0, 0.1) is 10.8 Å². The third-order valence-corrected chi connectivity index (χ3v) is 6.01. The van der Waals surface area contributed by atoms with Gasteiger partial charge in [0.2, 0.25) is 5.91 Å². The molecule has 0 rings (SSSR count). The van der Waals surface area contributed by atoms with Gasteiger partial charge in [-0.15, -0.1) is 0 Å². The number of ether oxygens (including phenoxy) is 1. The highest BCUT2D eigenvalue weighted by Gasteiger charge is 2.26. The van der Waals surface area contributed by atoms with E-state index in [1.165, 1.54) is 0 Å². The van der Waals surface area contributed by atoms with Crippen LogP contribution < -0.4 is 0 Å². The van der Waals surface area contributed by atoms with Gasteiger partial charge in [0.25, 0.3) is 0 Å². The maximum Gasteiger partial charge on any atom is 0.223 e. The van der Waals surface area contributed by atoms with Crippen LogP contribution in [0.1, 0.15) is 80.6 Å². The summed E-state index contributed by atoms with van der Waals surface area (Å²) >= 11 is 0. The van der Waals surface area contributed by atoms with E-state index in [1.54, 1.807) is 0 Å². The molecule has 0 aromatic carbocycles.